The van der Waals surface area contributed by atoms with Crippen LogP contribution in [-0.4, -0.2) is 54.7 Å². The SMILES string of the molecule is CCn1c(CO)nn(-c2nc(OC(C)C(F)(F)F)c(C(=O)Nc3cc(Cl)cnc3OC)cc2F)c1=O. The van der Waals surface area contributed by atoms with E-state index in [1.165, 1.54) is 19.4 Å². The predicted molar refractivity (Wildman–Crippen MR) is 117 cm³/mol. The van der Waals surface area contributed by atoms with Crippen LogP contribution >= 0.6 is 11.6 Å². The molecule has 3 heterocycles. The Morgan fingerprint density at radius 3 is 2.56 bits per heavy atom. The number of hydrogen-bond donors (Lipinski definition) is 2. The van der Waals surface area contributed by atoms with Gasteiger partial charge in [-0.25, -0.2) is 14.2 Å². The summed E-state index contributed by atoms with van der Waals surface area (Å²) in [5.41, 5.74) is -1.73. The number of carbonyl (C=O) groups is 1. The van der Waals surface area contributed by atoms with Gasteiger partial charge in [0.15, 0.2) is 23.6 Å². The van der Waals surface area contributed by atoms with E-state index in [9.17, 15) is 27.9 Å². The number of methoxy groups -OCH3 is 1. The molecule has 3 rings (SSSR count). The van der Waals surface area contributed by atoms with E-state index < -0.39 is 53.6 Å². The molecule has 0 fully saturated rings. The zero-order valence-corrected chi connectivity index (χ0v) is 19.7. The Labute approximate surface area is 205 Å². The molecule has 16 heteroatoms. The third-order valence-corrected chi connectivity index (χ3v) is 4.98. The van der Waals surface area contributed by atoms with Gasteiger partial charge in [0.25, 0.3) is 5.91 Å². The van der Waals surface area contributed by atoms with Crippen molar-refractivity contribution in [3.8, 4) is 17.6 Å². The third kappa shape index (κ3) is 5.41. The summed E-state index contributed by atoms with van der Waals surface area (Å²) in [5, 5.41) is 15.6. The number of hydrogen-bond acceptors (Lipinski definition) is 8. The molecule has 36 heavy (non-hydrogen) atoms. The molecular formula is C20H19ClF4N6O5. The van der Waals surface area contributed by atoms with Crippen molar-refractivity contribution in [3.05, 3.63) is 51.0 Å². The second kappa shape index (κ2) is 10.5. The molecule has 194 valence electrons. The van der Waals surface area contributed by atoms with Gasteiger partial charge in [-0.15, -0.1) is 5.10 Å². The van der Waals surface area contributed by atoms with Crippen LogP contribution in [0.4, 0.5) is 23.2 Å². The zero-order chi connectivity index (χ0) is 26.8. The first-order chi connectivity index (χ1) is 16.9. The summed E-state index contributed by atoms with van der Waals surface area (Å²) in [6.45, 7) is 1.59. The Kier molecular flexibility index (Phi) is 7.83. The number of aliphatic hydroxyl groups excluding tert-OH is 1. The maximum atomic E-state index is 15.1. The minimum absolute atomic E-state index is 0.0564. The van der Waals surface area contributed by atoms with Gasteiger partial charge in [0.1, 0.15) is 17.9 Å². The minimum Gasteiger partial charge on any atom is -0.480 e. The molecule has 1 atom stereocenters. The average molecular weight is 535 g/mol. The molecular weight excluding hydrogens is 516 g/mol. The van der Waals surface area contributed by atoms with Crippen molar-refractivity contribution in [2.24, 2.45) is 0 Å². The van der Waals surface area contributed by atoms with Crippen molar-refractivity contribution in [2.45, 2.75) is 39.3 Å². The second-order valence-electron chi connectivity index (χ2n) is 7.13. The van der Waals surface area contributed by atoms with Crippen LogP contribution in [0.25, 0.3) is 5.82 Å². The molecule has 2 N–H and O–H groups in total. The molecule has 3 aromatic rings. The van der Waals surface area contributed by atoms with Crippen LogP contribution in [0.15, 0.2) is 23.1 Å². The lowest BCUT2D eigenvalue weighted by atomic mass is 10.2. The number of carbonyl (C=O) groups excluding carboxylic acids is 1. The topological polar surface area (TPSA) is 133 Å². The van der Waals surface area contributed by atoms with Crippen LogP contribution in [0, 0.1) is 5.82 Å². The summed E-state index contributed by atoms with van der Waals surface area (Å²) in [4.78, 5) is 33.1. The van der Waals surface area contributed by atoms with E-state index >= 15 is 4.39 Å². The first kappa shape index (κ1) is 26.9. The van der Waals surface area contributed by atoms with Crippen molar-refractivity contribution in [3.63, 3.8) is 0 Å². The van der Waals surface area contributed by atoms with Gasteiger partial charge in [0.2, 0.25) is 11.8 Å². The van der Waals surface area contributed by atoms with Gasteiger partial charge < -0.3 is 19.9 Å². The molecule has 0 saturated heterocycles. The van der Waals surface area contributed by atoms with E-state index in [1.807, 2.05) is 0 Å². The van der Waals surface area contributed by atoms with Crippen LogP contribution in [0.3, 0.4) is 0 Å². The highest BCUT2D eigenvalue weighted by molar-refractivity contribution is 6.30. The Balaban J connectivity index is 2.15. The maximum absolute atomic E-state index is 15.1. The van der Waals surface area contributed by atoms with Gasteiger partial charge in [-0.05, 0) is 26.0 Å². The standard InChI is InChI=1S/C20H19ClF4N6O5/c1-4-30-14(8-32)29-31(19(30)34)15-12(22)6-11(17(28-15)36-9(2)20(23,24)25)16(33)27-13-5-10(21)7-26-18(13)35-3/h5-7,9,32H,4,8H2,1-3H3,(H,27,33). The molecule has 0 aliphatic heterocycles. The van der Waals surface area contributed by atoms with Crippen LogP contribution < -0.4 is 20.5 Å². The summed E-state index contributed by atoms with van der Waals surface area (Å²) in [7, 11) is 1.25. The van der Waals surface area contributed by atoms with E-state index in [1.54, 1.807) is 6.92 Å². The number of nitrogens with one attached hydrogen (secondary N) is 1. The van der Waals surface area contributed by atoms with Gasteiger partial charge in [0.05, 0.1) is 12.1 Å². The van der Waals surface area contributed by atoms with E-state index in [-0.39, 0.29) is 29.0 Å². The summed E-state index contributed by atoms with van der Waals surface area (Å²) >= 11 is 5.87. The molecule has 0 saturated carbocycles. The van der Waals surface area contributed by atoms with Crippen LogP contribution in [-0.2, 0) is 13.2 Å². The fourth-order valence-corrected chi connectivity index (χ4v) is 3.13. The van der Waals surface area contributed by atoms with Crippen molar-refractivity contribution in [1.29, 1.82) is 0 Å². The number of aromatic nitrogens is 5. The number of rotatable bonds is 8. The summed E-state index contributed by atoms with van der Waals surface area (Å²) in [6.07, 6.45) is -6.11. The molecule has 11 nitrogen and oxygen atoms in total. The van der Waals surface area contributed by atoms with Gasteiger partial charge in [-0.3, -0.25) is 9.36 Å². The van der Waals surface area contributed by atoms with Gasteiger partial charge in [-0.2, -0.15) is 22.8 Å². The summed E-state index contributed by atoms with van der Waals surface area (Å²) < 4.78 is 66.0. The fourth-order valence-electron chi connectivity index (χ4n) is 2.98. The van der Waals surface area contributed by atoms with Crippen LogP contribution in [0.5, 0.6) is 11.8 Å². The molecule has 0 aliphatic rings. The number of ether oxygens (including phenoxy) is 2. The number of amides is 1. The van der Waals surface area contributed by atoms with Gasteiger partial charge in [-0.1, -0.05) is 11.6 Å². The first-order valence-corrected chi connectivity index (χ1v) is 10.5. The Morgan fingerprint density at radius 2 is 2.00 bits per heavy atom. The smallest absolute Gasteiger partial charge is 0.425 e. The van der Waals surface area contributed by atoms with Crippen molar-refractivity contribution < 1.29 is 36.9 Å². The number of nitrogens with zero attached hydrogens (tertiary/aromatic N) is 5. The summed E-state index contributed by atoms with van der Waals surface area (Å²) in [6, 6.07) is 1.78. The first-order valence-electron chi connectivity index (χ1n) is 10.2. The van der Waals surface area contributed by atoms with E-state index in [4.69, 9.17) is 21.1 Å². The quantitative estimate of drug-likeness (QED) is 0.421. The van der Waals surface area contributed by atoms with Crippen LogP contribution in [0.2, 0.25) is 5.02 Å². The number of halogens is 5. The normalized spacial score (nSPS) is 12.4. The largest absolute Gasteiger partial charge is 0.480 e. The number of alkyl halides is 3. The fraction of sp³-hybridized carbons (Fsp3) is 0.350. The molecule has 0 spiro atoms. The molecule has 1 amide bonds. The van der Waals surface area contributed by atoms with E-state index in [2.05, 4.69) is 20.4 Å². The lowest BCUT2D eigenvalue weighted by Crippen LogP contribution is -2.33. The lowest BCUT2D eigenvalue weighted by molar-refractivity contribution is -0.190. The van der Waals surface area contributed by atoms with Crippen LogP contribution in [0.1, 0.15) is 30.0 Å². The average Bonchev–Trinajstić information content (AvgIpc) is 3.14. The van der Waals surface area contributed by atoms with E-state index in [0.29, 0.717) is 17.7 Å². The maximum Gasteiger partial charge on any atom is 0.425 e. The number of anilines is 1. The number of pyridine rings is 2. The predicted octanol–water partition coefficient (Wildman–Crippen LogP) is 2.72. The molecule has 0 aromatic carbocycles. The zero-order valence-electron chi connectivity index (χ0n) is 18.9. The molecule has 0 aliphatic carbocycles. The Bertz CT molecular complexity index is 1340. The second-order valence-corrected chi connectivity index (χ2v) is 7.56. The number of aliphatic hydroxyl groups is 1. The van der Waals surface area contributed by atoms with Crippen molar-refractivity contribution in [1.82, 2.24) is 24.3 Å². The Hall–Kier alpha value is -3.72. The molecule has 0 bridgehead atoms. The summed E-state index contributed by atoms with van der Waals surface area (Å²) in [5.74, 6) is -4.43. The van der Waals surface area contributed by atoms with Crippen molar-refractivity contribution >= 4 is 23.2 Å². The highest BCUT2D eigenvalue weighted by Gasteiger charge is 2.39. The minimum atomic E-state index is -4.87. The molecule has 3 aromatic heterocycles. The Morgan fingerprint density at radius 1 is 1.31 bits per heavy atom. The monoisotopic (exact) mass is 534 g/mol. The van der Waals surface area contributed by atoms with Crippen molar-refractivity contribution in [2.75, 3.05) is 12.4 Å². The highest BCUT2D eigenvalue weighted by Crippen LogP contribution is 2.30. The third-order valence-electron chi connectivity index (χ3n) is 4.77. The highest BCUT2D eigenvalue weighted by atomic mass is 35.5. The lowest BCUT2D eigenvalue weighted by Gasteiger charge is -2.19. The van der Waals surface area contributed by atoms with E-state index in [0.717, 1.165) is 4.57 Å². The van der Waals surface area contributed by atoms with Gasteiger partial charge in [0, 0.05) is 12.7 Å². The molecule has 1 unspecified atom stereocenters. The molecule has 0 radical (unpaired) electrons. The van der Waals surface area contributed by atoms with Gasteiger partial charge >= 0.3 is 11.9 Å².